The van der Waals surface area contributed by atoms with E-state index in [1.165, 1.54) is 12.1 Å². The van der Waals surface area contributed by atoms with Gasteiger partial charge in [-0.2, -0.15) is 0 Å². The van der Waals surface area contributed by atoms with E-state index in [-0.39, 0.29) is 24.4 Å². The Hall–Kier alpha value is -1.62. The zero-order valence-electron chi connectivity index (χ0n) is 11.3. The molecule has 0 saturated heterocycles. The summed E-state index contributed by atoms with van der Waals surface area (Å²) in [5, 5.41) is 13.2. The number of nitrogens with zero attached hydrogens (tertiary/aromatic N) is 1. The lowest BCUT2D eigenvalue weighted by Gasteiger charge is -2.25. The highest BCUT2D eigenvalue weighted by Crippen LogP contribution is 2.30. The Bertz CT molecular complexity index is 483. The summed E-state index contributed by atoms with van der Waals surface area (Å²) in [5.74, 6) is -0.327. The van der Waals surface area contributed by atoms with Gasteiger partial charge in [-0.3, -0.25) is 0 Å². The van der Waals surface area contributed by atoms with Crippen molar-refractivity contribution in [1.82, 2.24) is 10.2 Å². The fourth-order valence-corrected chi connectivity index (χ4v) is 2.25. The van der Waals surface area contributed by atoms with Crippen molar-refractivity contribution < 1.29 is 14.3 Å². The molecule has 1 aromatic carbocycles. The van der Waals surface area contributed by atoms with Gasteiger partial charge in [-0.05, 0) is 43.4 Å². The molecule has 2 N–H and O–H groups in total. The molecular weight excluding hydrogens is 259 g/mol. The minimum atomic E-state index is -0.777. The van der Waals surface area contributed by atoms with Crippen LogP contribution in [0.4, 0.5) is 9.18 Å². The molecule has 20 heavy (non-hydrogen) atoms. The fraction of sp³-hybridized carbons (Fsp3) is 0.533. The number of aliphatic hydroxyl groups excluding tert-OH is 1. The Morgan fingerprint density at radius 2 is 1.95 bits per heavy atom. The lowest BCUT2D eigenvalue weighted by Crippen LogP contribution is -2.44. The molecular formula is C15H19FN2O2. The van der Waals surface area contributed by atoms with Gasteiger partial charge in [0.1, 0.15) is 5.82 Å². The van der Waals surface area contributed by atoms with Gasteiger partial charge in [-0.1, -0.05) is 12.1 Å². The zero-order chi connectivity index (χ0) is 14.1. The second-order valence-corrected chi connectivity index (χ2v) is 5.67. The molecule has 1 aromatic rings. The highest BCUT2D eigenvalue weighted by Gasteiger charge is 2.36. The molecule has 1 atom stereocenters. The Kier molecular flexibility index (Phi) is 3.61. The Morgan fingerprint density at radius 1 is 1.30 bits per heavy atom. The van der Waals surface area contributed by atoms with Crippen LogP contribution in [-0.4, -0.2) is 34.7 Å². The van der Waals surface area contributed by atoms with Crippen LogP contribution in [0, 0.1) is 5.82 Å². The number of benzene rings is 1. The molecule has 4 nitrogen and oxygen atoms in total. The molecule has 0 radical (unpaired) electrons. The third kappa shape index (κ3) is 3.28. The molecule has 2 aliphatic rings. The monoisotopic (exact) mass is 278 g/mol. The van der Waals surface area contributed by atoms with Crippen molar-refractivity contribution in [3.63, 3.8) is 0 Å². The molecule has 2 aliphatic carbocycles. The Labute approximate surface area is 117 Å². The molecule has 2 amide bonds. The average molecular weight is 278 g/mol. The van der Waals surface area contributed by atoms with Crippen LogP contribution in [0.25, 0.3) is 0 Å². The van der Waals surface area contributed by atoms with E-state index >= 15 is 0 Å². The van der Waals surface area contributed by atoms with E-state index in [4.69, 9.17) is 0 Å². The lowest BCUT2D eigenvalue weighted by molar-refractivity contribution is 0.117. The van der Waals surface area contributed by atoms with Crippen molar-refractivity contribution in [2.24, 2.45) is 0 Å². The molecule has 108 valence electrons. The van der Waals surface area contributed by atoms with Crippen LogP contribution < -0.4 is 5.32 Å². The van der Waals surface area contributed by atoms with E-state index in [0.29, 0.717) is 11.6 Å². The van der Waals surface area contributed by atoms with Gasteiger partial charge in [0.2, 0.25) is 0 Å². The summed E-state index contributed by atoms with van der Waals surface area (Å²) in [7, 11) is 0. The molecule has 3 rings (SSSR count). The van der Waals surface area contributed by atoms with Crippen molar-refractivity contribution in [2.75, 3.05) is 6.54 Å². The Morgan fingerprint density at radius 3 is 2.50 bits per heavy atom. The first-order valence-corrected chi connectivity index (χ1v) is 7.14. The summed E-state index contributed by atoms with van der Waals surface area (Å²) in [4.78, 5) is 13.9. The quantitative estimate of drug-likeness (QED) is 0.867. The highest BCUT2D eigenvalue weighted by atomic mass is 19.1. The van der Waals surface area contributed by atoms with E-state index < -0.39 is 6.10 Å². The average Bonchev–Trinajstić information content (AvgIpc) is 3.30. The number of amides is 2. The SMILES string of the molecule is O=C(NC1CC1)N(C[C@@H](O)c1ccc(F)cc1)C1CC1. The van der Waals surface area contributed by atoms with E-state index in [2.05, 4.69) is 5.32 Å². The molecule has 0 spiro atoms. The number of aliphatic hydroxyl groups is 1. The molecule has 0 aliphatic heterocycles. The first-order chi connectivity index (χ1) is 9.63. The van der Waals surface area contributed by atoms with Crippen LogP contribution in [0.15, 0.2) is 24.3 Å². The van der Waals surface area contributed by atoms with Gasteiger partial charge in [0.15, 0.2) is 0 Å². The summed E-state index contributed by atoms with van der Waals surface area (Å²) in [6.07, 6.45) is 3.30. The maximum absolute atomic E-state index is 12.9. The first kappa shape index (κ1) is 13.4. The second kappa shape index (κ2) is 5.40. The third-order valence-corrected chi connectivity index (χ3v) is 3.78. The van der Waals surface area contributed by atoms with Crippen LogP contribution in [0.5, 0.6) is 0 Å². The first-order valence-electron chi connectivity index (χ1n) is 7.14. The van der Waals surface area contributed by atoms with E-state index in [0.717, 1.165) is 25.7 Å². The predicted molar refractivity (Wildman–Crippen MR) is 72.6 cm³/mol. The summed E-state index contributed by atoms with van der Waals surface area (Å²) < 4.78 is 12.9. The van der Waals surface area contributed by atoms with Gasteiger partial charge >= 0.3 is 6.03 Å². The van der Waals surface area contributed by atoms with Gasteiger partial charge < -0.3 is 15.3 Å². The Balaban J connectivity index is 1.62. The van der Waals surface area contributed by atoms with Gasteiger partial charge in [0.05, 0.1) is 12.6 Å². The predicted octanol–water partition coefficient (Wildman–Crippen LogP) is 2.20. The highest BCUT2D eigenvalue weighted by molar-refractivity contribution is 5.75. The largest absolute Gasteiger partial charge is 0.387 e. The molecule has 0 heterocycles. The minimum Gasteiger partial charge on any atom is -0.387 e. The van der Waals surface area contributed by atoms with Crippen molar-refractivity contribution >= 4 is 6.03 Å². The topological polar surface area (TPSA) is 52.6 Å². The number of carbonyl (C=O) groups excluding carboxylic acids is 1. The van der Waals surface area contributed by atoms with Crippen molar-refractivity contribution in [3.05, 3.63) is 35.6 Å². The molecule has 5 heteroatoms. The maximum Gasteiger partial charge on any atom is 0.317 e. The van der Waals surface area contributed by atoms with Crippen molar-refractivity contribution in [2.45, 2.75) is 43.9 Å². The number of rotatable bonds is 5. The van der Waals surface area contributed by atoms with Crippen LogP contribution in [0.3, 0.4) is 0 Å². The van der Waals surface area contributed by atoms with E-state index in [1.54, 1.807) is 17.0 Å². The summed E-state index contributed by atoms with van der Waals surface area (Å²) in [6, 6.07) is 6.23. The standard InChI is InChI=1S/C15H19FN2O2/c16-11-3-1-10(2-4-11)14(19)9-18(13-7-8-13)15(20)17-12-5-6-12/h1-4,12-14,19H,5-9H2,(H,17,20)/t14-/m1/s1. The van der Waals surface area contributed by atoms with Crippen LogP contribution >= 0.6 is 0 Å². The summed E-state index contributed by atoms with van der Waals surface area (Å²) >= 11 is 0. The van der Waals surface area contributed by atoms with E-state index in [9.17, 15) is 14.3 Å². The second-order valence-electron chi connectivity index (χ2n) is 5.67. The molecule has 0 unspecified atom stereocenters. The van der Waals surface area contributed by atoms with Gasteiger partial charge in [-0.25, -0.2) is 9.18 Å². The van der Waals surface area contributed by atoms with Crippen LogP contribution in [0.2, 0.25) is 0 Å². The minimum absolute atomic E-state index is 0.0869. The van der Waals surface area contributed by atoms with Gasteiger partial charge in [0.25, 0.3) is 0 Å². The van der Waals surface area contributed by atoms with Crippen LogP contribution in [0.1, 0.15) is 37.4 Å². The lowest BCUT2D eigenvalue weighted by atomic mass is 10.1. The van der Waals surface area contributed by atoms with Crippen molar-refractivity contribution in [3.8, 4) is 0 Å². The summed E-state index contributed by atoms with van der Waals surface area (Å²) in [6.45, 7) is 0.259. The smallest absolute Gasteiger partial charge is 0.317 e. The summed E-state index contributed by atoms with van der Waals surface area (Å²) in [5.41, 5.74) is 0.635. The molecule has 0 aromatic heterocycles. The van der Waals surface area contributed by atoms with Crippen LogP contribution in [-0.2, 0) is 0 Å². The van der Waals surface area contributed by atoms with Crippen molar-refractivity contribution in [1.29, 1.82) is 0 Å². The molecule has 0 bridgehead atoms. The molecule has 2 saturated carbocycles. The molecule has 2 fully saturated rings. The van der Waals surface area contributed by atoms with Gasteiger partial charge in [-0.15, -0.1) is 0 Å². The number of hydrogen-bond acceptors (Lipinski definition) is 2. The van der Waals surface area contributed by atoms with E-state index in [1.807, 2.05) is 0 Å². The maximum atomic E-state index is 12.9. The number of hydrogen-bond donors (Lipinski definition) is 2. The number of halogens is 1. The third-order valence-electron chi connectivity index (χ3n) is 3.78. The normalized spacial score (nSPS) is 19.5. The number of urea groups is 1. The van der Waals surface area contributed by atoms with Gasteiger partial charge in [0, 0.05) is 12.1 Å². The fourth-order valence-electron chi connectivity index (χ4n) is 2.25. The zero-order valence-corrected chi connectivity index (χ0v) is 11.3. The number of nitrogens with one attached hydrogen (secondary N) is 1. The number of carbonyl (C=O) groups is 1.